The van der Waals surface area contributed by atoms with E-state index in [4.69, 9.17) is 9.47 Å². The third-order valence-corrected chi connectivity index (χ3v) is 13.2. The molecule has 1 aromatic heterocycles. The fourth-order valence-corrected chi connectivity index (χ4v) is 9.50. The van der Waals surface area contributed by atoms with E-state index in [-0.39, 0.29) is 54.7 Å². The number of piperidine rings is 2. The fraction of sp³-hybridized carbons (Fsp3) is 0.458. The SMILES string of the molecule is O=C(/C=C/c1cccnc1)NCCCCC1CCN(C(=O)c2ccc(N3CCN(C(=O)CCOCCOCCSc4cccc5c4C(=O)N(C4CCC(=O)NC4=O)C5=O)CC3)cc2)CC1. The third-order valence-electron chi connectivity index (χ3n) is 12.2. The standard InChI is InChI=1S/C48H57N7O9S/c56-41(15-9-35-6-4-20-49-33-35)50-21-2-1-5-34-17-22-54(23-18-34)46(60)36-10-12-37(13-11-36)52-24-26-53(27-25-52)43(58)19-28-63-29-30-64-31-32-65-40-8-3-7-38-44(40)48(62)55(47(38)61)39-14-16-42(57)51-45(39)59/h3-4,6-13,15,20,33-34,39H,1-2,5,14,16-19,21-32H2,(H,50,56)(H,51,57,59)/b15-9+. The van der Waals surface area contributed by atoms with Gasteiger partial charge in [-0.25, -0.2) is 0 Å². The van der Waals surface area contributed by atoms with Crippen molar-refractivity contribution in [2.75, 3.05) is 82.9 Å². The summed E-state index contributed by atoms with van der Waals surface area (Å²) in [7, 11) is 0. The lowest BCUT2D eigenvalue weighted by atomic mass is 9.91. The first-order valence-corrected chi connectivity index (χ1v) is 23.6. The number of carbonyl (C=O) groups excluding carboxylic acids is 7. The molecule has 2 N–H and O–H groups in total. The summed E-state index contributed by atoms with van der Waals surface area (Å²) in [6, 6.07) is 15.6. The van der Waals surface area contributed by atoms with Crippen molar-refractivity contribution in [3.05, 3.63) is 95.3 Å². The number of rotatable bonds is 20. The molecule has 3 fully saturated rings. The van der Waals surface area contributed by atoms with Crippen molar-refractivity contribution < 1.29 is 43.0 Å². The van der Waals surface area contributed by atoms with Crippen molar-refractivity contribution in [3.63, 3.8) is 0 Å². The summed E-state index contributed by atoms with van der Waals surface area (Å²) >= 11 is 1.38. The van der Waals surface area contributed by atoms with Gasteiger partial charge in [0.2, 0.25) is 23.6 Å². The van der Waals surface area contributed by atoms with E-state index in [0.717, 1.165) is 61.3 Å². The number of imide groups is 2. The maximum atomic E-state index is 13.3. The smallest absolute Gasteiger partial charge is 0.263 e. The largest absolute Gasteiger partial charge is 0.379 e. The van der Waals surface area contributed by atoms with Gasteiger partial charge < -0.3 is 29.5 Å². The maximum absolute atomic E-state index is 13.3. The van der Waals surface area contributed by atoms with E-state index >= 15 is 0 Å². The number of hydrogen-bond donors (Lipinski definition) is 2. The molecule has 1 unspecified atom stereocenters. The Labute approximate surface area is 383 Å². The molecule has 0 spiro atoms. The lowest BCUT2D eigenvalue weighted by Gasteiger charge is -2.36. The van der Waals surface area contributed by atoms with Gasteiger partial charge in [-0.05, 0) is 85.7 Å². The number of ether oxygens (including phenoxy) is 2. The van der Waals surface area contributed by atoms with Crippen molar-refractivity contribution in [1.29, 1.82) is 0 Å². The van der Waals surface area contributed by atoms with E-state index in [9.17, 15) is 33.6 Å². The van der Waals surface area contributed by atoms with Gasteiger partial charge in [-0.1, -0.05) is 25.0 Å². The van der Waals surface area contributed by atoms with Gasteiger partial charge in [-0.15, -0.1) is 11.8 Å². The van der Waals surface area contributed by atoms with E-state index in [0.29, 0.717) is 74.7 Å². The van der Waals surface area contributed by atoms with Gasteiger partial charge in [-0.3, -0.25) is 48.8 Å². The number of nitrogens with one attached hydrogen (secondary N) is 2. The van der Waals surface area contributed by atoms with Crippen LogP contribution in [0, 0.1) is 5.92 Å². The van der Waals surface area contributed by atoms with E-state index < -0.39 is 29.7 Å². The molecule has 4 aliphatic rings. The Kier molecular flexibility index (Phi) is 16.9. The number of unbranched alkanes of at least 4 members (excludes halogenated alkanes) is 1. The van der Waals surface area contributed by atoms with Gasteiger partial charge >= 0.3 is 0 Å². The molecule has 4 aliphatic heterocycles. The second-order valence-electron chi connectivity index (χ2n) is 16.5. The molecule has 0 radical (unpaired) electrons. The molecule has 3 saturated heterocycles. The first-order chi connectivity index (χ1) is 31.7. The number of amides is 7. The molecule has 0 aliphatic carbocycles. The molecule has 65 heavy (non-hydrogen) atoms. The van der Waals surface area contributed by atoms with Crippen LogP contribution in [0.25, 0.3) is 6.08 Å². The molecule has 344 valence electrons. The van der Waals surface area contributed by atoms with Crippen LogP contribution in [0.1, 0.15) is 88.0 Å². The predicted octanol–water partition coefficient (Wildman–Crippen LogP) is 4.20. The number of benzene rings is 2. The highest BCUT2D eigenvalue weighted by Gasteiger charge is 2.45. The summed E-state index contributed by atoms with van der Waals surface area (Å²) in [6.07, 6.45) is 12.2. The van der Waals surface area contributed by atoms with Gasteiger partial charge in [0.15, 0.2) is 0 Å². The number of fused-ring (bicyclic) bond motifs is 1. The summed E-state index contributed by atoms with van der Waals surface area (Å²) in [6.45, 7) is 6.07. The average Bonchev–Trinajstić information content (AvgIpc) is 3.59. The summed E-state index contributed by atoms with van der Waals surface area (Å²) in [5.41, 5.74) is 3.12. The Morgan fingerprint density at radius 2 is 1.58 bits per heavy atom. The molecule has 7 amide bonds. The Bertz CT molecular complexity index is 2210. The van der Waals surface area contributed by atoms with E-state index in [2.05, 4.69) is 20.5 Å². The number of carbonyl (C=O) groups is 7. The normalized spacial score (nSPS) is 18.1. The molecular weight excluding hydrogens is 851 g/mol. The number of thioether (sulfide) groups is 1. The van der Waals surface area contributed by atoms with Crippen LogP contribution in [0.5, 0.6) is 0 Å². The van der Waals surface area contributed by atoms with Crippen molar-refractivity contribution in [2.45, 2.75) is 62.3 Å². The van der Waals surface area contributed by atoms with Crippen molar-refractivity contribution >= 4 is 64.9 Å². The van der Waals surface area contributed by atoms with Crippen LogP contribution in [0.3, 0.4) is 0 Å². The van der Waals surface area contributed by atoms with Gasteiger partial charge in [0.1, 0.15) is 6.04 Å². The zero-order valence-corrected chi connectivity index (χ0v) is 37.4. The second kappa shape index (κ2) is 23.3. The van der Waals surface area contributed by atoms with Gasteiger partial charge in [0, 0.05) is 92.6 Å². The van der Waals surface area contributed by atoms with Crippen LogP contribution >= 0.6 is 11.8 Å². The van der Waals surface area contributed by atoms with E-state index in [1.807, 2.05) is 46.2 Å². The van der Waals surface area contributed by atoms with Crippen molar-refractivity contribution in [3.8, 4) is 0 Å². The molecule has 2 aromatic carbocycles. The number of aromatic nitrogens is 1. The van der Waals surface area contributed by atoms with Crippen molar-refractivity contribution in [2.24, 2.45) is 5.92 Å². The van der Waals surface area contributed by atoms with Crippen LogP contribution in [0.4, 0.5) is 5.69 Å². The second-order valence-corrected chi connectivity index (χ2v) is 17.6. The van der Waals surface area contributed by atoms with E-state index in [1.165, 1.54) is 17.8 Å². The van der Waals surface area contributed by atoms with Crippen LogP contribution in [0.15, 0.2) is 78.0 Å². The number of nitrogens with zero attached hydrogens (tertiary/aromatic N) is 5. The minimum absolute atomic E-state index is 0.0425. The van der Waals surface area contributed by atoms with Crippen LogP contribution in [-0.2, 0) is 28.7 Å². The molecule has 3 aromatic rings. The summed E-state index contributed by atoms with van der Waals surface area (Å²) in [5.74, 6) is -1.02. The average molecular weight is 908 g/mol. The Morgan fingerprint density at radius 3 is 2.32 bits per heavy atom. The monoisotopic (exact) mass is 907 g/mol. The zero-order chi connectivity index (χ0) is 45.5. The van der Waals surface area contributed by atoms with Crippen LogP contribution in [-0.4, -0.2) is 145 Å². The summed E-state index contributed by atoms with van der Waals surface area (Å²) in [4.78, 5) is 100. The zero-order valence-electron chi connectivity index (χ0n) is 36.6. The number of hydrogen-bond acceptors (Lipinski definition) is 12. The quantitative estimate of drug-likeness (QED) is 0.0714. The predicted molar refractivity (Wildman–Crippen MR) is 244 cm³/mol. The topological polar surface area (TPSA) is 188 Å². The van der Waals surface area contributed by atoms with Gasteiger partial charge in [-0.2, -0.15) is 0 Å². The maximum Gasteiger partial charge on any atom is 0.263 e. The lowest BCUT2D eigenvalue weighted by Crippen LogP contribution is -2.54. The lowest BCUT2D eigenvalue weighted by molar-refractivity contribution is -0.136. The van der Waals surface area contributed by atoms with Crippen molar-refractivity contribution in [1.82, 2.24) is 30.3 Å². The highest BCUT2D eigenvalue weighted by molar-refractivity contribution is 7.99. The van der Waals surface area contributed by atoms with Gasteiger partial charge in [0.05, 0.1) is 44.0 Å². The molecule has 7 rings (SSSR count). The summed E-state index contributed by atoms with van der Waals surface area (Å²) < 4.78 is 11.4. The van der Waals surface area contributed by atoms with E-state index in [1.54, 1.807) is 36.7 Å². The first-order valence-electron chi connectivity index (χ1n) is 22.6. The molecule has 17 heteroatoms. The molecule has 0 bridgehead atoms. The number of pyridine rings is 1. The van der Waals surface area contributed by atoms with Gasteiger partial charge in [0.25, 0.3) is 17.7 Å². The van der Waals surface area contributed by atoms with Crippen LogP contribution in [0.2, 0.25) is 0 Å². The number of anilines is 1. The molecule has 16 nitrogen and oxygen atoms in total. The summed E-state index contributed by atoms with van der Waals surface area (Å²) in [5, 5.41) is 5.16. The first kappa shape index (κ1) is 47.1. The molecule has 5 heterocycles. The number of likely N-dealkylation sites (tertiary alicyclic amines) is 1. The van der Waals surface area contributed by atoms with Crippen LogP contribution < -0.4 is 15.5 Å². The Balaban J connectivity index is 0.711. The fourth-order valence-electron chi connectivity index (χ4n) is 8.57. The molecule has 0 saturated carbocycles. The highest BCUT2D eigenvalue weighted by Crippen LogP contribution is 2.34. The highest BCUT2D eigenvalue weighted by atomic mass is 32.2. The molecule has 1 atom stereocenters. The Morgan fingerprint density at radius 1 is 0.815 bits per heavy atom. The Hall–Kier alpha value is -5.91. The molecular formula is C48H57N7O9S. The third kappa shape index (κ3) is 12.7. The minimum Gasteiger partial charge on any atom is -0.379 e. The minimum atomic E-state index is -1.01. The number of piperazine rings is 1.